The molecule has 0 bridgehead atoms. The fourth-order valence-electron chi connectivity index (χ4n) is 3.27. The number of hydrogen-bond acceptors (Lipinski definition) is 5. The first kappa shape index (κ1) is 20.2. The second-order valence-electron chi connectivity index (χ2n) is 6.79. The maximum absolute atomic E-state index is 12.7. The molecule has 1 aromatic rings. The van der Waals surface area contributed by atoms with E-state index in [1.54, 1.807) is 18.9 Å². The van der Waals surface area contributed by atoms with Crippen LogP contribution in [0.15, 0.2) is 18.2 Å². The summed E-state index contributed by atoms with van der Waals surface area (Å²) in [6.07, 6.45) is 6.10. The largest absolute Gasteiger partial charge is 0.341 e. The molecule has 1 aliphatic rings. The highest BCUT2D eigenvalue weighted by Crippen LogP contribution is 2.28. The number of benzene rings is 1. The van der Waals surface area contributed by atoms with Gasteiger partial charge in [0, 0.05) is 25.2 Å². The lowest BCUT2D eigenvalue weighted by Crippen LogP contribution is -2.45. The molecule has 0 atom stereocenters. The number of non-ortho nitro benzene ring substituents is 1. The van der Waals surface area contributed by atoms with E-state index in [9.17, 15) is 23.3 Å². The second-order valence-corrected chi connectivity index (χ2v) is 8.70. The molecule has 1 aliphatic carbocycles. The van der Waals surface area contributed by atoms with Gasteiger partial charge in [0.15, 0.2) is 0 Å². The van der Waals surface area contributed by atoms with Crippen LogP contribution in [0.4, 0.5) is 11.4 Å². The van der Waals surface area contributed by atoms with E-state index in [2.05, 4.69) is 0 Å². The predicted octanol–water partition coefficient (Wildman–Crippen LogP) is 2.46. The summed E-state index contributed by atoms with van der Waals surface area (Å²) in [4.78, 5) is 24.8. The van der Waals surface area contributed by atoms with E-state index in [4.69, 9.17) is 0 Å². The summed E-state index contributed by atoms with van der Waals surface area (Å²) >= 11 is 0. The normalized spacial score (nSPS) is 15.5. The maximum Gasteiger partial charge on any atom is 0.271 e. The summed E-state index contributed by atoms with van der Waals surface area (Å²) in [6, 6.07) is 4.12. The van der Waals surface area contributed by atoms with Crippen molar-refractivity contribution in [1.29, 1.82) is 0 Å². The average molecular weight is 383 g/mol. The van der Waals surface area contributed by atoms with Crippen molar-refractivity contribution in [2.24, 2.45) is 0 Å². The van der Waals surface area contributed by atoms with Crippen molar-refractivity contribution in [3.8, 4) is 0 Å². The Morgan fingerprint density at radius 2 is 1.88 bits per heavy atom. The lowest BCUT2D eigenvalue weighted by molar-refractivity contribution is -0.384. The van der Waals surface area contributed by atoms with Gasteiger partial charge in [0.05, 0.1) is 16.9 Å². The number of aryl methyl sites for hydroxylation is 1. The Morgan fingerprint density at radius 1 is 1.27 bits per heavy atom. The summed E-state index contributed by atoms with van der Waals surface area (Å²) in [5, 5.41) is 11.0. The maximum atomic E-state index is 12.7. The van der Waals surface area contributed by atoms with Crippen LogP contribution in [0.5, 0.6) is 0 Å². The fourth-order valence-corrected chi connectivity index (χ4v) is 4.17. The van der Waals surface area contributed by atoms with Gasteiger partial charge in [-0.3, -0.25) is 19.2 Å². The quantitative estimate of drug-likeness (QED) is 0.555. The zero-order valence-corrected chi connectivity index (χ0v) is 16.2. The first-order valence-electron chi connectivity index (χ1n) is 8.59. The number of carbonyl (C=O) groups is 1. The number of carbonyl (C=O) groups excluding carboxylic acids is 1. The highest BCUT2D eigenvalue weighted by atomic mass is 32.2. The van der Waals surface area contributed by atoms with Crippen LogP contribution in [-0.2, 0) is 14.8 Å². The highest BCUT2D eigenvalue weighted by Gasteiger charge is 2.28. The van der Waals surface area contributed by atoms with E-state index in [1.807, 2.05) is 0 Å². The molecule has 1 fully saturated rings. The molecule has 26 heavy (non-hydrogen) atoms. The smallest absolute Gasteiger partial charge is 0.271 e. The van der Waals surface area contributed by atoms with Crippen molar-refractivity contribution >= 4 is 27.3 Å². The van der Waals surface area contributed by atoms with Crippen molar-refractivity contribution < 1.29 is 18.1 Å². The zero-order chi connectivity index (χ0) is 19.5. The van der Waals surface area contributed by atoms with Crippen molar-refractivity contribution in [2.45, 2.75) is 45.1 Å². The molecule has 0 radical (unpaired) electrons. The predicted molar refractivity (Wildman–Crippen MR) is 99.7 cm³/mol. The van der Waals surface area contributed by atoms with Gasteiger partial charge in [-0.2, -0.15) is 0 Å². The first-order chi connectivity index (χ1) is 12.1. The van der Waals surface area contributed by atoms with E-state index in [0.717, 1.165) is 42.7 Å². The minimum Gasteiger partial charge on any atom is -0.341 e. The van der Waals surface area contributed by atoms with Gasteiger partial charge in [-0.15, -0.1) is 0 Å². The number of nitro benzene ring substituents is 1. The molecule has 0 aliphatic heterocycles. The summed E-state index contributed by atoms with van der Waals surface area (Å²) in [7, 11) is -2.09. The Labute approximate surface area is 154 Å². The molecule has 144 valence electrons. The minimum absolute atomic E-state index is 0.115. The third-order valence-electron chi connectivity index (χ3n) is 4.87. The number of anilines is 1. The van der Waals surface area contributed by atoms with E-state index in [1.165, 1.54) is 18.2 Å². The van der Waals surface area contributed by atoms with Crippen LogP contribution in [0, 0.1) is 17.0 Å². The third-order valence-corrected chi connectivity index (χ3v) is 5.99. The van der Waals surface area contributed by atoms with Crippen LogP contribution in [0.3, 0.4) is 0 Å². The van der Waals surface area contributed by atoms with Crippen LogP contribution in [0.2, 0.25) is 0 Å². The molecular weight excluding hydrogens is 358 g/mol. The molecule has 0 heterocycles. The van der Waals surface area contributed by atoms with Gasteiger partial charge in [0.25, 0.3) is 5.69 Å². The van der Waals surface area contributed by atoms with Crippen molar-refractivity contribution in [2.75, 3.05) is 24.2 Å². The second kappa shape index (κ2) is 8.03. The fraction of sp³-hybridized carbons (Fsp3) is 0.588. The molecule has 0 N–H and O–H groups in total. The summed E-state index contributed by atoms with van der Waals surface area (Å²) in [6.45, 7) is 1.29. The topological polar surface area (TPSA) is 101 Å². The van der Waals surface area contributed by atoms with Gasteiger partial charge < -0.3 is 4.90 Å². The van der Waals surface area contributed by atoms with Gasteiger partial charge in [-0.25, -0.2) is 8.42 Å². The number of hydrogen-bond donors (Lipinski definition) is 0. The lowest BCUT2D eigenvalue weighted by atomic mass is 9.94. The van der Waals surface area contributed by atoms with Crippen molar-refractivity contribution in [3.05, 3.63) is 33.9 Å². The minimum atomic E-state index is -3.78. The molecule has 9 heteroatoms. The van der Waals surface area contributed by atoms with Crippen LogP contribution < -0.4 is 4.31 Å². The molecule has 0 spiro atoms. The molecule has 1 amide bonds. The third kappa shape index (κ3) is 4.72. The number of rotatable bonds is 6. The molecule has 0 unspecified atom stereocenters. The average Bonchev–Trinajstić information content (AvgIpc) is 2.59. The Balaban J connectivity index is 2.30. The summed E-state index contributed by atoms with van der Waals surface area (Å²) in [5.74, 6) is -0.312. The lowest BCUT2D eigenvalue weighted by Gasteiger charge is -2.33. The Hall–Kier alpha value is -2.16. The van der Waals surface area contributed by atoms with Crippen LogP contribution in [0.25, 0.3) is 0 Å². The van der Waals surface area contributed by atoms with E-state index in [0.29, 0.717) is 5.56 Å². The molecule has 1 saturated carbocycles. The van der Waals surface area contributed by atoms with Crippen LogP contribution in [0.1, 0.15) is 37.7 Å². The van der Waals surface area contributed by atoms with E-state index in [-0.39, 0.29) is 29.9 Å². The standard InChI is InChI=1S/C17H25N3O5S/c1-13-9-10-15(20(22)23)11-16(13)19(26(3,24)25)12-17(21)18(2)14-7-5-4-6-8-14/h9-11,14H,4-8,12H2,1-3H3. The first-order valence-corrected chi connectivity index (χ1v) is 10.4. The number of sulfonamides is 1. The van der Waals surface area contributed by atoms with Gasteiger partial charge in [0.1, 0.15) is 6.54 Å². The van der Waals surface area contributed by atoms with E-state index < -0.39 is 14.9 Å². The van der Waals surface area contributed by atoms with Gasteiger partial charge >= 0.3 is 0 Å². The van der Waals surface area contributed by atoms with Crippen LogP contribution >= 0.6 is 0 Å². The molecular formula is C17H25N3O5S. The summed E-state index contributed by atoms with van der Waals surface area (Å²) < 4.78 is 25.5. The number of nitro groups is 1. The molecule has 0 aromatic heterocycles. The van der Waals surface area contributed by atoms with Gasteiger partial charge in [-0.05, 0) is 25.3 Å². The van der Waals surface area contributed by atoms with Gasteiger partial charge in [-0.1, -0.05) is 25.3 Å². The van der Waals surface area contributed by atoms with Gasteiger partial charge in [0.2, 0.25) is 15.9 Å². The highest BCUT2D eigenvalue weighted by molar-refractivity contribution is 7.92. The number of nitrogens with zero attached hydrogens (tertiary/aromatic N) is 3. The monoisotopic (exact) mass is 383 g/mol. The van der Waals surface area contributed by atoms with Crippen LogP contribution in [-0.4, -0.2) is 50.0 Å². The molecule has 8 nitrogen and oxygen atoms in total. The van der Waals surface area contributed by atoms with Crippen molar-refractivity contribution in [3.63, 3.8) is 0 Å². The Bertz CT molecular complexity index is 788. The van der Waals surface area contributed by atoms with Crippen molar-refractivity contribution in [1.82, 2.24) is 4.90 Å². The summed E-state index contributed by atoms with van der Waals surface area (Å²) in [5.41, 5.74) is 0.494. The Morgan fingerprint density at radius 3 is 2.42 bits per heavy atom. The van der Waals surface area contributed by atoms with E-state index >= 15 is 0 Å². The Kier molecular flexibility index (Phi) is 6.22. The molecule has 2 rings (SSSR count). The molecule has 1 aromatic carbocycles. The SMILES string of the molecule is Cc1ccc([N+](=O)[O-])cc1N(CC(=O)N(C)C1CCCCC1)S(C)(=O)=O. The number of likely N-dealkylation sites (N-methyl/N-ethyl adjacent to an activating group) is 1. The molecule has 0 saturated heterocycles. The number of amides is 1. The zero-order valence-electron chi connectivity index (χ0n) is 15.3.